The van der Waals surface area contributed by atoms with Crippen LogP contribution in [0.15, 0.2) is 115 Å². The molecule has 0 spiro atoms. The van der Waals surface area contributed by atoms with Crippen molar-refractivity contribution in [1.29, 1.82) is 5.26 Å². The highest BCUT2D eigenvalue weighted by Gasteiger charge is 2.39. The number of nitrogens with zero attached hydrogens (tertiary/aromatic N) is 3. The quantitative estimate of drug-likeness (QED) is 0.164. The molecule has 0 fully saturated rings. The largest absolute Gasteiger partial charge is 0.417 e. The van der Waals surface area contributed by atoms with Gasteiger partial charge >= 0.3 is 24.7 Å². The Kier molecular flexibility index (Phi) is 8.02. The molecule has 0 N–H and O–H groups in total. The first kappa shape index (κ1) is 36.5. The number of nitriles is 1. The molecule has 0 atom stereocenters. The van der Waals surface area contributed by atoms with E-state index in [0.717, 1.165) is 48.5 Å². The number of benzene rings is 6. The van der Waals surface area contributed by atoms with Crippen LogP contribution >= 0.6 is 0 Å². The Labute approximate surface area is 306 Å². The molecule has 282 valence electrons. The van der Waals surface area contributed by atoms with Crippen molar-refractivity contribution in [1.82, 2.24) is 9.13 Å². The fourth-order valence-corrected chi connectivity index (χ4v) is 7.26. The minimum absolute atomic E-state index is 0.0505. The summed E-state index contributed by atoms with van der Waals surface area (Å²) in [6.45, 7) is 0. The van der Waals surface area contributed by atoms with E-state index in [-0.39, 0.29) is 72.2 Å². The normalized spacial score (nSPS) is 13.0. The predicted octanol–water partition coefficient (Wildman–Crippen LogP) is 13.5. The molecule has 2 heterocycles. The number of fused-ring (bicyclic) bond motifs is 6. The van der Waals surface area contributed by atoms with Gasteiger partial charge in [0.05, 0.1) is 55.7 Å². The third kappa shape index (κ3) is 5.87. The highest BCUT2D eigenvalue weighted by molar-refractivity contribution is 6.11. The fourth-order valence-electron chi connectivity index (χ4n) is 7.26. The minimum Gasteiger partial charge on any atom is -0.308 e. The molecule has 8 aromatic rings. The smallest absolute Gasteiger partial charge is 0.308 e. The molecule has 0 aliphatic heterocycles. The maximum absolute atomic E-state index is 14.7. The first-order valence-electron chi connectivity index (χ1n) is 16.4. The summed E-state index contributed by atoms with van der Waals surface area (Å²) in [5, 5.41) is 11.5. The molecular formula is C41H19F12N3. The molecule has 56 heavy (non-hydrogen) atoms. The minimum atomic E-state index is -5.34. The molecular weight excluding hydrogens is 762 g/mol. The number of alkyl halides is 12. The third-order valence-electron chi connectivity index (χ3n) is 9.65. The van der Waals surface area contributed by atoms with Gasteiger partial charge < -0.3 is 9.13 Å². The van der Waals surface area contributed by atoms with Crippen LogP contribution in [0.4, 0.5) is 52.7 Å². The Balaban J connectivity index is 1.56. The lowest BCUT2D eigenvalue weighted by Gasteiger charge is -2.21. The lowest BCUT2D eigenvalue weighted by molar-refractivity contribution is -0.143. The van der Waals surface area contributed by atoms with Gasteiger partial charge in [0, 0.05) is 21.5 Å². The Bertz CT molecular complexity index is 2780. The van der Waals surface area contributed by atoms with Crippen molar-refractivity contribution in [2.75, 3.05) is 0 Å². The van der Waals surface area contributed by atoms with Gasteiger partial charge in [0.2, 0.25) is 0 Å². The van der Waals surface area contributed by atoms with Crippen LogP contribution in [0.3, 0.4) is 0 Å². The zero-order chi connectivity index (χ0) is 40.1. The summed E-state index contributed by atoms with van der Waals surface area (Å²) in [5.41, 5.74) is -6.34. The van der Waals surface area contributed by atoms with Crippen LogP contribution in [0.1, 0.15) is 27.8 Å². The summed E-state index contributed by atoms with van der Waals surface area (Å²) in [7, 11) is 0. The predicted molar refractivity (Wildman–Crippen MR) is 185 cm³/mol. The number of aromatic nitrogens is 2. The third-order valence-corrected chi connectivity index (χ3v) is 9.65. The summed E-state index contributed by atoms with van der Waals surface area (Å²) >= 11 is 0. The molecule has 0 unspecified atom stereocenters. The van der Waals surface area contributed by atoms with Gasteiger partial charge in [0.1, 0.15) is 11.6 Å². The molecule has 2 aromatic heterocycles. The van der Waals surface area contributed by atoms with E-state index in [1.807, 2.05) is 0 Å². The summed E-state index contributed by atoms with van der Waals surface area (Å²) < 4.78 is 172. The van der Waals surface area contributed by atoms with E-state index < -0.39 is 52.5 Å². The van der Waals surface area contributed by atoms with Gasteiger partial charge in [-0.25, -0.2) is 0 Å². The Morgan fingerprint density at radius 1 is 0.411 bits per heavy atom. The van der Waals surface area contributed by atoms with E-state index in [1.54, 1.807) is 24.3 Å². The van der Waals surface area contributed by atoms with Crippen molar-refractivity contribution in [3.8, 4) is 28.6 Å². The molecule has 8 rings (SSSR count). The van der Waals surface area contributed by atoms with Crippen LogP contribution in [0.25, 0.3) is 66.1 Å². The summed E-state index contributed by atoms with van der Waals surface area (Å²) in [5.74, 6) is 0. The Hall–Kier alpha value is -6.43. The molecule has 6 aromatic carbocycles. The van der Waals surface area contributed by atoms with E-state index >= 15 is 0 Å². The van der Waals surface area contributed by atoms with Gasteiger partial charge in [-0.05, 0) is 83.9 Å². The van der Waals surface area contributed by atoms with Crippen LogP contribution in [-0.2, 0) is 24.7 Å². The topological polar surface area (TPSA) is 33.6 Å². The number of hydrogen-bond donors (Lipinski definition) is 0. The second-order valence-electron chi connectivity index (χ2n) is 12.9. The first-order valence-corrected chi connectivity index (χ1v) is 16.4. The van der Waals surface area contributed by atoms with E-state index in [2.05, 4.69) is 6.07 Å². The number of rotatable bonds is 3. The monoisotopic (exact) mass is 781 g/mol. The van der Waals surface area contributed by atoms with Crippen LogP contribution in [0.5, 0.6) is 0 Å². The number of hydrogen-bond acceptors (Lipinski definition) is 1. The zero-order valence-corrected chi connectivity index (χ0v) is 27.8. The maximum Gasteiger partial charge on any atom is 0.417 e. The average molecular weight is 782 g/mol. The second-order valence-corrected chi connectivity index (χ2v) is 12.9. The van der Waals surface area contributed by atoms with Crippen molar-refractivity contribution in [2.24, 2.45) is 0 Å². The lowest BCUT2D eigenvalue weighted by Crippen LogP contribution is -2.12. The molecule has 0 radical (unpaired) electrons. The van der Waals surface area contributed by atoms with Crippen LogP contribution in [0, 0.1) is 11.3 Å². The van der Waals surface area contributed by atoms with Gasteiger partial charge in [-0.3, -0.25) is 0 Å². The van der Waals surface area contributed by atoms with E-state index in [4.69, 9.17) is 0 Å². The van der Waals surface area contributed by atoms with E-state index in [9.17, 15) is 57.9 Å². The average Bonchev–Trinajstić information content (AvgIpc) is 3.65. The summed E-state index contributed by atoms with van der Waals surface area (Å²) in [6.07, 6.45) is -20.0. The van der Waals surface area contributed by atoms with Crippen molar-refractivity contribution in [2.45, 2.75) is 24.7 Å². The van der Waals surface area contributed by atoms with Crippen LogP contribution in [0.2, 0.25) is 0 Å². The van der Waals surface area contributed by atoms with E-state index in [0.29, 0.717) is 12.1 Å². The second kappa shape index (κ2) is 12.3. The molecule has 0 aliphatic rings. The number of halogens is 12. The fraction of sp³-hybridized carbons (Fsp3) is 0.0976. The summed E-state index contributed by atoms with van der Waals surface area (Å²) in [4.78, 5) is 0. The lowest BCUT2D eigenvalue weighted by atomic mass is 9.94. The van der Waals surface area contributed by atoms with Crippen molar-refractivity contribution in [3.05, 3.63) is 143 Å². The highest BCUT2D eigenvalue weighted by atomic mass is 19.4. The SMILES string of the molecule is N#Cc1c(-n2c3ccccc3c3cc(C(F)(F)F)ccc32)cc(-c2ccc(C(F)(F)F)cc2C(F)(F)F)cc1-n1c2ccccc2c2cc(C(F)(F)F)ccc21. The maximum atomic E-state index is 14.7. The van der Waals surface area contributed by atoms with Gasteiger partial charge in [0.25, 0.3) is 0 Å². The van der Waals surface area contributed by atoms with Gasteiger partial charge in [-0.1, -0.05) is 42.5 Å². The van der Waals surface area contributed by atoms with Gasteiger partial charge in [-0.2, -0.15) is 57.9 Å². The number of para-hydroxylation sites is 2. The molecule has 0 bridgehead atoms. The standard InChI is InChI=1S/C41H19F12N3/c42-38(43,44)22-10-13-34-28(17-22)26-5-1-3-7-32(26)55(34)36-15-21(25-12-9-24(40(48,49)50)19-31(25)41(51,52)53)16-37(30(36)20-54)56-33-8-4-2-6-27(33)29-18-23(39(45,46)47)11-14-35(29)56/h1-19H. The van der Waals surface area contributed by atoms with Crippen molar-refractivity contribution < 1.29 is 52.7 Å². The molecule has 0 amide bonds. The molecule has 0 saturated heterocycles. The van der Waals surface area contributed by atoms with Gasteiger partial charge in [0.15, 0.2) is 0 Å². The van der Waals surface area contributed by atoms with E-state index in [1.165, 1.54) is 33.4 Å². The van der Waals surface area contributed by atoms with Crippen molar-refractivity contribution >= 4 is 43.6 Å². The van der Waals surface area contributed by atoms with Crippen LogP contribution < -0.4 is 0 Å². The molecule has 0 saturated carbocycles. The molecule has 15 heteroatoms. The Morgan fingerprint density at radius 2 is 0.804 bits per heavy atom. The Morgan fingerprint density at radius 3 is 1.21 bits per heavy atom. The van der Waals surface area contributed by atoms with Crippen molar-refractivity contribution in [3.63, 3.8) is 0 Å². The zero-order valence-electron chi connectivity index (χ0n) is 27.8. The first-order chi connectivity index (χ1) is 26.3. The summed E-state index contributed by atoms with van der Waals surface area (Å²) in [6, 6.07) is 23.1. The molecule has 0 aliphatic carbocycles. The van der Waals surface area contributed by atoms with Crippen LogP contribution in [-0.4, -0.2) is 9.13 Å². The highest BCUT2D eigenvalue weighted by Crippen LogP contribution is 2.46. The molecule has 3 nitrogen and oxygen atoms in total. The van der Waals surface area contributed by atoms with Gasteiger partial charge in [-0.15, -0.1) is 0 Å².